The maximum atomic E-state index is 7.30. The van der Waals surface area contributed by atoms with Crippen LogP contribution in [0.15, 0.2) is 182 Å². The minimum absolute atomic E-state index is 0.0368. The fourth-order valence-electron chi connectivity index (χ4n) is 9.94. The Morgan fingerprint density at radius 3 is 1.63 bits per heavy atom. The molecule has 0 saturated carbocycles. The van der Waals surface area contributed by atoms with E-state index in [4.69, 9.17) is 9.72 Å². The molecule has 0 saturated heterocycles. The molecule has 5 heteroatoms. The van der Waals surface area contributed by atoms with Gasteiger partial charge in [-0.1, -0.05) is 172 Å². The first-order valence-electron chi connectivity index (χ1n) is 23.7. The highest BCUT2D eigenvalue weighted by molar-refractivity contribution is 6.09. The van der Waals surface area contributed by atoms with Crippen molar-refractivity contribution in [2.45, 2.75) is 90.9 Å². The van der Waals surface area contributed by atoms with E-state index in [0.29, 0.717) is 6.67 Å². The number of fused-ring (bicyclic) bond motifs is 4. The summed E-state index contributed by atoms with van der Waals surface area (Å²) >= 11 is 0. The van der Waals surface area contributed by atoms with Crippen molar-refractivity contribution in [3.8, 4) is 17.3 Å². The van der Waals surface area contributed by atoms with Gasteiger partial charge >= 0.3 is 0 Å². The number of anilines is 4. The monoisotopic (exact) mass is 878 g/mol. The topological polar surface area (TPSA) is 33.5 Å². The van der Waals surface area contributed by atoms with E-state index in [1.54, 1.807) is 0 Å². The number of benzene rings is 7. The molecule has 3 heterocycles. The lowest BCUT2D eigenvalue weighted by Crippen LogP contribution is -2.25. The lowest BCUT2D eigenvalue weighted by molar-refractivity contribution is 0.462. The Morgan fingerprint density at radius 1 is 0.433 bits per heavy atom. The van der Waals surface area contributed by atoms with Crippen LogP contribution in [-0.2, 0) is 21.7 Å². The van der Waals surface area contributed by atoms with Gasteiger partial charge in [0.05, 0.1) is 22.4 Å². The average Bonchev–Trinajstić information content (AvgIpc) is 3.87. The highest BCUT2D eigenvalue weighted by atomic mass is 16.5. The highest BCUT2D eigenvalue weighted by Crippen LogP contribution is 2.48. The van der Waals surface area contributed by atoms with Gasteiger partial charge in [0.15, 0.2) is 0 Å². The lowest BCUT2D eigenvalue weighted by Gasteiger charge is -2.30. The van der Waals surface area contributed by atoms with Crippen LogP contribution in [0.3, 0.4) is 0 Å². The first-order valence-corrected chi connectivity index (χ1v) is 23.7. The van der Waals surface area contributed by atoms with Crippen LogP contribution in [0.1, 0.15) is 103 Å². The van der Waals surface area contributed by atoms with Crippen LogP contribution in [0, 0.1) is 0 Å². The van der Waals surface area contributed by atoms with Gasteiger partial charge in [-0.2, -0.15) is 0 Å². The fraction of sp³-hybridized carbons (Fsp3) is 0.242. The van der Waals surface area contributed by atoms with Crippen LogP contribution < -0.4 is 14.5 Å². The molecular formula is C62H62N4O. The fourth-order valence-corrected chi connectivity index (χ4v) is 9.94. The molecule has 67 heavy (non-hydrogen) atoms. The Morgan fingerprint density at radius 2 is 0.985 bits per heavy atom. The first kappa shape index (κ1) is 43.8. The van der Waals surface area contributed by atoms with Crippen molar-refractivity contribution in [2.24, 2.45) is 0 Å². The maximum Gasteiger partial charge on any atom is 0.137 e. The van der Waals surface area contributed by atoms with Gasteiger partial charge in [0.25, 0.3) is 0 Å². The van der Waals surface area contributed by atoms with Gasteiger partial charge in [-0.05, 0) is 99.3 Å². The van der Waals surface area contributed by atoms with E-state index in [0.717, 1.165) is 50.7 Å². The van der Waals surface area contributed by atoms with Crippen LogP contribution in [-0.4, -0.2) is 16.2 Å². The largest absolute Gasteiger partial charge is 0.457 e. The molecule has 0 radical (unpaired) electrons. The molecule has 9 aromatic rings. The second-order valence-electron chi connectivity index (χ2n) is 21.5. The SMILES string of the molecule is CC(C)(C)c1cccc(N2CN(c3ccc(C(C)(C)c4ccccc4)c(Oc4ccc5c6ccc(C(C)(C)c7ccccc7)cc6n(-c6cc(C(C)(C)C)ccn6)c5c4)c3)c3ccccc32)c1. The molecule has 0 aliphatic carbocycles. The number of ether oxygens (including phenoxy) is 1. The zero-order valence-electron chi connectivity index (χ0n) is 40.7. The molecule has 0 unspecified atom stereocenters. The van der Waals surface area contributed by atoms with Crippen LogP contribution in [0.2, 0.25) is 0 Å². The van der Waals surface area contributed by atoms with E-state index in [2.05, 4.69) is 260 Å². The van der Waals surface area contributed by atoms with E-state index in [-0.39, 0.29) is 21.7 Å². The van der Waals surface area contributed by atoms with Crippen molar-refractivity contribution in [2.75, 3.05) is 16.5 Å². The van der Waals surface area contributed by atoms with Crippen molar-refractivity contribution in [1.82, 2.24) is 9.55 Å². The number of nitrogens with zero attached hydrogens (tertiary/aromatic N) is 4. The lowest BCUT2D eigenvalue weighted by atomic mass is 9.77. The van der Waals surface area contributed by atoms with Crippen molar-refractivity contribution in [3.63, 3.8) is 0 Å². The standard InChI is InChI=1S/C62H62N4O/c1-59(2,3)44-24-19-25-47(36-44)64-41-65(54-27-18-17-26-53(54)64)48-29-33-52(62(9,10)43-22-15-12-16-23-43)57(39-48)67-49-30-32-51-50-31-28-46(61(7,8)42-20-13-11-14-21-42)37-55(50)66(56(51)40-49)58-38-45(34-35-63-58)60(4,5)6/h11-40H,41H2,1-10H3. The summed E-state index contributed by atoms with van der Waals surface area (Å²) in [5.41, 5.74) is 13.5. The van der Waals surface area contributed by atoms with Crippen molar-refractivity contribution >= 4 is 44.6 Å². The zero-order valence-corrected chi connectivity index (χ0v) is 40.7. The molecule has 0 N–H and O–H groups in total. The van der Waals surface area contributed by atoms with E-state index < -0.39 is 0 Å². The Balaban J connectivity index is 1.12. The number of pyridine rings is 1. The summed E-state index contributed by atoms with van der Waals surface area (Å²) in [5.74, 6) is 2.47. The van der Waals surface area contributed by atoms with Gasteiger partial charge in [-0.15, -0.1) is 0 Å². The summed E-state index contributed by atoms with van der Waals surface area (Å²) in [6.45, 7) is 23.5. The summed E-state index contributed by atoms with van der Waals surface area (Å²) in [5, 5.41) is 2.33. The highest BCUT2D eigenvalue weighted by Gasteiger charge is 2.32. The number of hydrogen-bond donors (Lipinski definition) is 0. The maximum absolute atomic E-state index is 7.30. The summed E-state index contributed by atoms with van der Waals surface area (Å²) in [4.78, 5) is 9.91. The molecule has 2 aromatic heterocycles. The second kappa shape index (κ2) is 16.3. The van der Waals surface area contributed by atoms with Crippen LogP contribution in [0.5, 0.6) is 11.5 Å². The van der Waals surface area contributed by atoms with E-state index in [9.17, 15) is 0 Å². The summed E-state index contributed by atoms with van der Waals surface area (Å²) in [7, 11) is 0. The van der Waals surface area contributed by atoms with E-state index >= 15 is 0 Å². The summed E-state index contributed by atoms with van der Waals surface area (Å²) in [6.07, 6.45) is 1.95. The Kier molecular flexibility index (Phi) is 10.7. The van der Waals surface area contributed by atoms with Gasteiger partial charge in [0.1, 0.15) is 24.0 Å². The third kappa shape index (κ3) is 7.94. The van der Waals surface area contributed by atoms with Crippen molar-refractivity contribution in [1.29, 1.82) is 0 Å². The molecule has 1 aliphatic heterocycles. The molecule has 1 aliphatic rings. The molecule has 0 bridgehead atoms. The number of aromatic nitrogens is 2. The summed E-state index contributed by atoms with van der Waals surface area (Å²) in [6, 6.07) is 64.0. The second-order valence-corrected chi connectivity index (χ2v) is 21.5. The minimum atomic E-state index is -0.365. The molecule has 5 nitrogen and oxygen atoms in total. The molecular weight excluding hydrogens is 817 g/mol. The molecule has 0 fully saturated rings. The zero-order chi connectivity index (χ0) is 46.9. The van der Waals surface area contributed by atoms with Gasteiger partial charge in [-0.25, -0.2) is 4.98 Å². The van der Waals surface area contributed by atoms with Crippen LogP contribution in [0.25, 0.3) is 27.6 Å². The number of para-hydroxylation sites is 2. The van der Waals surface area contributed by atoms with Gasteiger partial charge < -0.3 is 14.5 Å². The van der Waals surface area contributed by atoms with Crippen LogP contribution in [0.4, 0.5) is 22.7 Å². The number of hydrogen-bond acceptors (Lipinski definition) is 4. The molecule has 0 spiro atoms. The summed E-state index contributed by atoms with van der Waals surface area (Å²) < 4.78 is 9.65. The molecule has 336 valence electrons. The molecule has 0 atom stereocenters. The predicted molar refractivity (Wildman–Crippen MR) is 282 cm³/mol. The molecule has 10 rings (SSSR count). The average molecular weight is 879 g/mol. The number of rotatable bonds is 9. The van der Waals surface area contributed by atoms with Gasteiger partial charge in [-0.3, -0.25) is 4.57 Å². The smallest absolute Gasteiger partial charge is 0.137 e. The quantitative estimate of drug-likeness (QED) is 0.145. The first-order chi connectivity index (χ1) is 32.0. The predicted octanol–water partition coefficient (Wildman–Crippen LogP) is 16.5. The molecule has 7 aromatic carbocycles. The Labute approximate surface area is 397 Å². The van der Waals surface area contributed by atoms with Gasteiger partial charge in [0.2, 0.25) is 0 Å². The van der Waals surface area contributed by atoms with Crippen molar-refractivity contribution in [3.05, 3.63) is 216 Å². The third-order valence-electron chi connectivity index (χ3n) is 14.2. The molecule has 0 amide bonds. The third-order valence-corrected chi connectivity index (χ3v) is 14.2. The van der Waals surface area contributed by atoms with E-state index in [1.165, 1.54) is 44.6 Å². The Bertz CT molecular complexity index is 3280. The minimum Gasteiger partial charge on any atom is -0.457 e. The van der Waals surface area contributed by atoms with Gasteiger partial charge in [0, 0.05) is 56.9 Å². The van der Waals surface area contributed by atoms with Crippen LogP contribution >= 0.6 is 0 Å². The normalized spacial score (nSPS) is 13.4. The van der Waals surface area contributed by atoms with Crippen molar-refractivity contribution < 1.29 is 4.74 Å². The Hall–Kier alpha value is -7.11. The van der Waals surface area contributed by atoms with E-state index in [1.807, 2.05) is 6.20 Å².